The predicted molar refractivity (Wildman–Crippen MR) is 169 cm³/mol. The number of amides is 1. The Labute approximate surface area is 249 Å². The molecule has 0 radical (unpaired) electrons. The summed E-state index contributed by atoms with van der Waals surface area (Å²) in [5.41, 5.74) is -0.730. The summed E-state index contributed by atoms with van der Waals surface area (Å²) < 4.78 is 27.2. The third-order valence-corrected chi connectivity index (χ3v) is 11.1. The van der Waals surface area contributed by atoms with E-state index in [0.717, 1.165) is 33.2 Å². The monoisotopic (exact) mass is 594 g/mol. The molecular formula is C33H41NO7P+. The fourth-order valence-electron chi connectivity index (χ4n) is 4.61. The van der Waals surface area contributed by atoms with E-state index in [0.29, 0.717) is 6.16 Å². The summed E-state index contributed by atoms with van der Waals surface area (Å²) in [5, 5.41) is 5.99. The Balaban J connectivity index is 2.16. The number of hydrogen-bond donors (Lipinski definition) is 1. The molecular weight excluding hydrogens is 553 g/mol. The summed E-state index contributed by atoms with van der Waals surface area (Å²) in [7, 11) is 2.46. The molecule has 42 heavy (non-hydrogen) atoms. The first-order chi connectivity index (χ1) is 20.1. The van der Waals surface area contributed by atoms with Crippen molar-refractivity contribution in [2.45, 2.75) is 38.8 Å². The van der Waals surface area contributed by atoms with E-state index in [9.17, 15) is 9.59 Å². The molecule has 3 aromatic carbocycles. The summed E-state index contributed by atoms with van der Waals surface area (Å²) in [4.78, 5) is 26.0. The van der Waals surface area contributed by atoms with Gasteiger partial charge in [0.1, 0.15) is 58.7 Å². The lowest BCUT2D eigenvalue weighted by molar-refractivity contribution is -0.145. The Morgan fingerprint density at radius 2 is 1.19 bits per heavy atom. The lowest BCUT2D eigenvalue weighted by Crippen LogP contribution is -2.46. The standard InChI is InChI=1S/C33H40NO7P/c1-8-22-40-31(35)30(34-32(36)41-33(2,3)4)21-23-42(27-15-9-24(37-5)10-16-27,28-17-11-25(38-6)12-18-28)29-19-13-26(39-7)14-20-29/h8-20,30H,1,21-23H2,2-7H3/p+1. The molecule has 3 aromatic rings. The van der Waals surface area contributed by atoms with E-state index in [4.69, 9.17) is 23.7 Å². The highest BCUT2D eigenvalue weighted by Gasteiger charge is 2.46. The summed E-state index contributed by atoms with van der Waals surface area (Å²) in [6.45, 7) is 8.97. The average molecular weight is 595 g/mol. The minimum Gasteiger partial charge on any atom is -0.497 e. The number of benzene rings is 3. The maximum atomic E-state index is 13.2. The number of esters is 1. The molecule has 1 unspecified atom stereocenters. The quantitative estimate of drug-likeness (QED) is 0.169. The smallest absolute Gasteiger partial charge is 0.408 e. The van der Waals surface area contributed by atoms with Gasteiger partial charge in [0.25, 0.3) is 0 Å². The molecule has 0 aliphatic heterocycles. The van der Waals surface area contributed by atoms with Gasteiger partial charge in [-0.2, -0.15) is 0 Å². The van der Waals surface area contributed by atoms with E-state index in [1.165, 1.54) is 6.08 Å². The number of alkyl carbamates (subject to hydrolysis) is 1. The van der Waals surface area contributed by atoms with Crippen molar-refractivity contribution in [2.75, 3.05) is 34.1 Å². The minimum absolute atomic E-state index is 0.0288. The summed E-state index contributed by atoms with van der Waals surface area (Å²) in [6.07, 6.45) is 1.62. The van der Waals surface area contributed by atoms with E-state index in [-0.39, 0.29) is 13.0 Å². The Bertz CT molecular complexity index is 1200. The van der Waals surface area contributed by atoms with Crippen LogP contribution in [0.15, 0.2) is 85.5 Å². The molecule has 0 saturated carbocycles. The van der Waals surface area contributed by atoms with Gasteiger partial charge in [-0.15, -0.1) is 0 Å². The van der Waals surface area contributed by atoms with Gasteiger partial charge in [0.2, 0.25) is 0 Å². The fraction of sp³-hybridized carbons (Fsp3) is 0.333. The van der Waals surface area contributed by atoms with E-state index in [1.54, 1.807) is 42.1 Å². The normalized spacial score (nSPS) is 12.0. The molecule has 0 saturated heterocycles. The van der Waals surface area contributed by atoms with Crippen LogP contribution < -0.4 is 35.4 Å². The number of ether oxygens (including phenoxy) is 5. The highest BCUT2D eigenvalue weighted by molar-refractivity contribution is 7.95. The van der Waals surface area contributed by atoms with Gasteiger partial charge in [0.05, 0.1) is 27.5 Å². The third-order valence-electron chi connectivity index (χ3n) is 6.61. The zero-order valence-corrected chi connectivity index (χ0v) is 26.1. The second-order valence-electron chi connectivity index (χ2n) is 10.5. The fourth-order valence-corrected chi connectivity index (χ4v) is 8.90. The molecule has 0 aliphatic rings. The van der Waals surface area contributed by atoms with Gasteiger partial charge >= 0.3 is 12.1 Å². The van der Waals surface area contributed by atoms with Crippen molar-refractivity contribution in [1.29, 1.82) is 0 Å². The number of nitrogens with one attached hydrogen (secondary N) is 1. The van der Waals surface area contributed by atoms with Crippen LogP contribution >= 0.6 is 7.26 Å². The lowest BCUT2D eigenvalue weighted by atomic mass is 10.2. The first-order valence-electron chi connectivity index (χ1n) is 13.6. The van der Waals surface area contributed by atoms with Gasteiger partial charge < -0.3 is 29.0 Å². The third kappa shape index (κ3) is 8.26. The Hall–Kier alpha value is -4.03. The van der Waals surface area contributed by atoms with Gasteiger partial charge in [0, 0.05) is 6.42 Å². The van der Waals surface area contributed by atoms with Crippen LogP contribution in [-0.4, -0.2) is 57.8 Å². The van der Waals surface area contributed by atoms with E-state index >= 15 is 0 Å². The van der Waals surface area contributed by atoms with Crippen LogP contribution in [0.2, 0.25) is 0 Å². The van der Waals surface area contributed by atoms with Crippen LogP contribution in [0.25, 0.3) is 0 Å². The molecule has 0 fully saturated rings. The van der Waals surface area contributed by atoms with Crippen molar-refractivity contribution in [2.24, 2.45) is 0 Å². The lowest BCUT2D eigenvalue weighted by Gasteiger charge is -2.30. The second kappa shape index (κ2) is 14.7. The van der Waals surface area contributed by atoms with Crippen molar-refractivity contribution < 1.29 is 33.3 Å². The highest BCUT2D eigenvalue weighted by atomic mass is 31.2. The number of rotatable bonds is 13. The molecule has 9 heteroatoms. The van der Waals surface area contributed by atoms with Gasteiger partial charge in [0.15, 0.2) is 0 Å². The zero-order chi connectivity index (χ0) is 30.8. The number of hydrogen-bond acceptors (Lipinski definition) is 7. The maximum absolute atomic E-state index is 13.2. The summed E-state index contributed by atoms with van der Waals surface area (Å²) in [6, 6.07) is 23.0. The Kier molecular flexibility index (Phi) is 11.4. The van der Waals surface area contributed by atoms with E-state index in [1.807, 2.05) is 36.4 Å². The van der Waals surface area contributed by atoms with Crippen LogP contribution in [0, 0.1) is 0 Å². The maximum Gasteiger partial charge on any atom is 0.408 e. The molecule has 0 spiro atoms. The van der Waals surface area contributed by atoms with Gasteiger partial charge in [-0.25, -0.2) is 9.59 Å². The van der Waals surface area contributed by atoms with Crippen molar-refractivity contribution in [3.8, 4) is 17.2 Å². The second-order valence-corrected chi connectivity index (χ2v) is 14.1. The SMILES string of the molecule is C=CCOC(=O)C(CC[P+](c1ccc(OC)cc1)(c1ccc(OC)cc1)c1ccc(OC)cc1)NC(=O)OC(C)(C)C. The van der Waals surface area contributed by atoms with E-state index < -0.39 is 31.0 Å². The predicted octanol–water partition coefficient (Wildman–Crippen LogP) is 5.02. The number of carbonyl (C=O) groups excluding carboxylic acids is 2. The molecule has 0 aromatic heterocycles. The Morgan fingerprint density at radius 1 is 0.786 bits per heavy atom. The van der Waals surface area contributed by atoms with Crippen molar-refractivity contribution in [1.82, 2.24) is 5.32 Å². The van der Waals surface area contributed by atoms with Gasteiger partial charge in [-0.3, -0.25) is 0 Å². The molecule has 0 bridgehead atoms. The van der Waals surface area contributed by atoms with Gasteiger partial charge in [-0.1, -0.05) is 12.7 Å². The molecule has 0 heterocycles. The van der Waals surface area contributed by atoms with Crippen LogP contribution in [0.4, 0.5) is 4.79 Å². The summed E-state index contributed by atoms with van der Waals surface area (Å²) in [5.74, 6) is 1.65. The first-order valence-corrected chi connectivity index (χ1v) is 15.6. The van der Waals surface area contributed by atoms with Gasteiger partial charge in [-0.05, 0) is 93.6 Å². The molecule has 3 rings (SSSR count). The van der Waals surface area contributed by atoms with E-state index in [2.05, 4.69) is 48.3 Å². The first kappa shape index (κ1) is 32.5. The number of carbonyl (C=O) groups is 2. The topological polar surface area (TPSA) is 92.3 Å². The van der Waals surface area contributed by atoms with Crippen LogP contribution in [0.3, 0.4) is 0 Å². The molecule has 224 valence electrons. The molecule has 1 atom stereocenters. The zero-order valence-electron chi connectivity index (χ0n) is 25.2. The largest absolute Gasteiger partial charge is 0.497 e. The minimum atomic E-state index is -2.43. The molecule has 8 nitrogen and oxygen atoms in total. The number of methoxy groups -OCH3 is 3. The van der Waals surface area contributed by atoms with Crippen LogP contribution in [0.1, 0.15) is 27.2 Å². The highest BCUT2D eigenvalue weighted by Crippen LogP contribution is 2.56. The van der Waals surface area contributed by atoms with Crippen LogP contribution in [-0.2, 0) is 14.3 Å². The molecule has 1 N–H and O–H groups in total. The molecule has 1 amide bonds. The summed E-state index contributed by atoms with van der Waals surface area (Å²) >= 11 is 0. The van der Waals surface area contributed by atoms with Crippen molar-refractivity contribution in [3.63, 3.8) is 0 Å². The van der Waals surface area contributed by atoms with Crippen molar-refractivity contribution in [3.05, 3.63) is 85.5 Å². The Morgan fingerprint density at radius 3 is 1.52 bits per heavy atom. The van der Waals surface area contributed by atoms with Crippen molar-refractivity contribution >= 4 is 35.2 Å². The molecule has 0 aliphatic carbocycles. The van der Waals surface area contributed by atoms with Crippen LogP contribution in [0.5, 0.6) is 17.2 Å². The average Bonchev–Trinajstić information content (AvgIpc) is 2.99.